The van der Waals surface area contributed by atoms with E-state index in [9.17, 15) is 21.6 Å². The van der Waals surface area contributed by atoms with Gasteiger partial charge < -0.3 is 10.2 Å². The van der Waals surface area contributed by atoms with Gasteiger partial charge in [0.1, 0.15) is 0 Å². The first kappa shape index (κ1) is 25.1. The molecule has 4 rings (SSSR count). The minimum Gasteiger partial charge on any atom is -0.345 e. The molecule has 0 aliphatic carbocycles. The van der Waals surface area contributed by atoms with Crippen LogP contribution in [0, 0.1) is 0 Å². The zero-order chi connectivity index (χ0) is 25.2. The van der Waals surface area contributed by atoms with Crippen molar-refractivity contribution in [2.75, 3.05) is 54.0 Å². The van der Waals surface area contributed by atoms with Crippen molar-refractivity contribution in [3.63, 3.8) is 0 Å². The number of thiazole rings is 1. The number of aromatic nitrogens is 1. The van der Waals surface area contributed by atoms with Gasteiger partial charge in [-0.15, -0.1) is 11.3 Å². The van der Waals surface area contributed by atoms with Gasteiger partial charge in [0.2, 0.25) is 20.0 Å². The molecule has 0 bridgehead atoms. The van der Waals surface area contributed by atoms with Crippen LogP contribution in [0.1, 0.15) is 10.4 Å². The molecule has 0 spiro atoms. The largest absolute Gasteiger partial charge is 0.345 e. The van der Waals surface area contributed by atoms with E-state index in [-0.39, 0.29) is 16.1 Å². The highest BCUT2D eigenvalue weighted by Crippen LogP contribution is 2.25. The van der Waals surface area contributed by atoms with Crippen LogP contribution in [0.3, 0.4) is 0 Å². The average Bonchev–Trinajstić information content (AvgIpc) is 3.38. The summed E-state index contributed by atoms with van der Waals surface area (Å²) < 4.78 is 52.5. The minimum atomic E-state index is -3.68. The maximum absolute atomic E-state index is 13.1. The van der Waals surface area contributed by atoms with E-state index >= 15 is 0 Å². The SMILES string of the molecule is CN(c1ccccc1C(=O)Nc1ccc(S(=O)(=O)N2CCN(c3nccs3)CC2)cc1)S(C)(=O)=O. The highest BCUT2D eigenvalue weighted by atomic mass is 32.2. The van der Waals surface area contributed by atoms with Crippen molar-refractivity contribution in [1.29, 1.82) is 0 Å². The number of rotatable bonds is 7. The smallest absolute Gasteiger partial charge is 0.257 e. The Morgan fingerprint density at radius 1 is 1.00 bits per heavy atom. The first-order chi connectivity index (χ1) is 16.6. The Morgan fingerprint density at radius 2 is 1.66 bits per heavy atom. The molecule has 0 atom stereocenters. The average molecular weight is 536 g/mol. The molecule has 1 aliphatic rings. The van der Waals surface area contributed by atoms with Crippen LogP contribution in [0.2, 0.25) is 0 Å². The van der Waals surface area contributed by atoms with Crippen LogP contribution in [0.4, 0.5) is 16.5 Å². The van der Waals surface area contributed by atoms with Crippen LogP contribution in [0.15, 0.2) is 65.0 Å². The molecule has 186 valence electrons. The lowest BCUT2D eigenvalue weighted by Crippen LogP contribution is -2.48. The summed E-state index contributed by atoms with van der Waals surface area (Å²) in [5, 5.41) is 5.47. The summed E-state index contributed by atoms with van der Waals surface area (Å²) in [6, 6.07) is 12.3. The molecule has 1 amide bonds. The van der Waals surface area contributed by atoms with Gasteiger partial charge in [-0.25, -0.2) is 21.8 Å². The Balaban J connectivity index is 1.45. The molecule has 0 unspecified atom stereocenters. The number of nitrogens with one attached hydrogen (secondary N) is 1. The van der Waals surface area contributed by atoms with E-state index in [4.69, 9.17) is 0 Å². The number of benzene rings is 2. The molecule has 1 fully saturated rings. The number of para-hydroxylation sites is 1. The zero-order valence-electron chi connectivity index (χ0n) is 19.2. The fraction of sp³-hybridized carbons (Fsp3) is 0.273. The summed E-state index contributed by atoms with van der Waals surface area (Å²) >= 11 is 1.52. The maximum atomic E-state index is 13.1. The monoisotopic (exact) mass is 535 g/mol. The summed E-state index contributed by atoms with van der Waals surface area (Å²) in [6.45, 7) is 1.82. The van der Waals surface area contributed by atoms with E-state index in [0.29, 0.717) is 31.9 Å². The van der Waals surface area contributed by atoms with E-state index in [1.54, 1.807) is 24.4 Å². The van der Waals surface area contributed by atoms with Gasteiger partial charge in [-0.3, -0.25) is 9.10 Å². The first-order valence-electron chi connectivity index (χ1n) is 10.7. The third kappa shape index (κ3) is 5.48. The summed E-state index contributed by atoms with van der Waals surface area (Å²) in [5.41, 5.74) is 0.804. The van der Waals surface area contributed by atoms with E-state index in [0.717, 1.165) is 15.7 Å². The van der Waals surface area contributed by atoms with Crippen LogP contribution in [0.5, 0.6) is 0 Å². The molecule has 0 radical (unpaired) electrons. The predicted octanol–water partition coefficient (Wildman–Crippen LogP) is 2.30. The van der Waals surface area contributed by atoms with Crippen molar-refractivity contribution in [3.05, 3.63) is 65.7 Å². The molecule has 13 heteroatoms. The van der Waals surface area contributed by atoms with E-state index in [1.165, 1.54) is 53.0 Å². The summed E-state index contributed by atoms with van der Waals surface area (Å²) in [7, 11) is -5.87. The summed E-state index contributed by atoms with van der Waals surface area (Å²) in [6.07, 6.45) is 2.78. The fourth-order valence-corrected chi connectivity index (χ4v) is 6.30. The number of nitrogens with zero attached hydrogens (tertiary/aromatic N) is 4. The van der Waals surface area contributed by atoms with E-state index < -0.39 is 26.0 Å². The molecule has 2 aromatic carbocycles. The van der Waals surface area contributed by atoms with Crippen molar-refractivity contribution in [2.45, 2.75) is 4.90 Å². The molecular formula is C22H25N5O5S3. The summed E-state index contributed by atoms with van der Waals surface area (Å²) in [4.78, 5) is 19.3. The molecule has 10 nitrogen and oxygen atoms in total. The maximum Gasteiger partial charge on any atom is 0.257 e. The van der Waals surface area contributed by atoms with Gasteiger partial charge in [-0.05, 0) is 36.4 Å². The lowest BCUT2D eigenvalue weighted by Gasteiger charge is -2.33. The molecular weight excluding hydrogens is 510 g/mol. The van der Waals surface area contributed by atoms with Crippen molar-refractivity contribution in [1.82, 2.24) is 9.29 Å². The van der Waals surface area contributed by atoms with Crippen molar-refractivity contribution >= 4 is 53.8 Å². The number of amides is 1. The molecule has 0 saturated carbocycles. The molecule has 1 saturated heterocycles. The summed E-state index contributed by atoms with van der Waals surface area (Å²) in [5.74, 6) is -0.509. The van der Waals surface area contributed by atoms with Crippen LogP contribution in [-0.2, 0) is 20.0 Å². The van der Waals surface area contributed by atoms with Gasteiger partial charge in [-0.1, -0.05) is 12.1 Å². The van der Waals surface area contributed by atoms with Crippen LogP contribution >= 0.6 is 11.3 Å². The van der Waals surface area contributed by atoms with Gasteiger partial charge in [0.15, 0.2) is 5.13 Å². The normalized spacial score (nSPS) is 15.1. The topological polar surface area (TPSA) is 120 Å². The van der Waals surface area contributed by atoms with Gasteiger partial charge in [0, 0.05) is 50.5 Å². The molecule has 1 N–H and O–H groups in total. The first-order valence-corrected chi connectivity index (χ1v) is 14.8. The van der Waals surface area contributed by atoms with Crippen LogP contribution in [0.25, 0.3) is 0 Å². The number of hydrogen-bond acceptors (Lipinski definition) is 8. The Kier molecular flexibility index (Phi) is 7.12. The van der Waals surface area contributed by atoms with Crippen LogP contribution < -0.4 is 14.5 Å². The molecule has 2 heterocycles. The van der Waals surface area contributed by atoms with Gasteiger partial charge in [0.25, 0.3) is 5.91 Å². The molecule has 3 aromatic rings. The Morgan fingerprint density at radius 3 is 2.26 bits per heavy atom. The Hall–Kier alpha value is -3.00. The number of sulfonamides is 2. The van der Waals surface area contributed by atoms with Gasteiger partial charge in [-0.2, -0.15) is 4.31 Å². The Bertz CT molecular complexity index is 1400. The number of hydrogen-bond donors (Lipinski definition) is 1. The van der Waals surface area contributed by atoms with Crippen molar-refractivity contribution in [3.8, 4) is 0 Å². The molecule has 1 aliphatic heterocycles. The van der Waals surface area contributed by atoms with E-state index in [2.05, 4.69) is 15.2 Å². The number of carbonyl (C=O) groups is 1. The molecule has 1 aromatic heterocycles. The fourth-order valence-electron chi connectivity index (χ4n) is 3.67. The van der Waals surface area contributed by atoms with E-state index in [1.807, 2.05) is 5.38 Å². The quantitative estimate of drug-likeness (QED) is 0.493. The Labute approximate surface area is 208 Å². The number of anilines is 3. The molecule has 35 heavy (non-hydrogen) atoms. The predicted molar refractivity (Wildman–Crippen MR) is 137 cm³/mol. The highest BCUT2D eigenvalue weighted by Gasteiger charge is 2.29. The third-order valence-electron chi connectivity index (χ3n) is 5.66. The lowest BCUT2D eigenvalue weighted by atomic mass is 10.1. The second kappa shape index (κ2) is 9.93. The standard InChI is InChI=1S/C22H25N5O5S3/c1-25(34(2,29)30)20-6-4-3-5-19(20)21(28)24-17-7-9-18(10-8-17)35(31,32)27-14-12-26(13-15-27)22-23-11-16-33-22/h3-11,16H,12-15H2,1-2H3,(H,24,28). The highest BCUT2D eigenvalue weighted by molar-refractivity contribution is 7.92. The second-order valence-corrected chi connectivity index (χ2v) is 12.8. The number of carbonyl (C=O) groups excluding carboxylic acids is 1. The van der Waals surface area contributed by atoms with Gasteiger partial charge in [0.05, 0.1) is 22.4 Å². The third-order valence-corrected chi connectivity index (χ3v) is 9.60. The van der Waals surface area contributed by atoms with Crippen LogP contribution in [-0.4, -0.2) is 71.5 Å². The lowest BCUT2D eigenvalue weighted by molar-refractivity contribution is 0.102. The number of piperazine rings is 1. The second-order valence-electron chi connectivity index (χ2n) is 7.93. The van der Waals surface area contributed by atoms with Crippen molar-refractivity contribution in [2.24, 2.45) is 0 Å². The van der Waals surface area contributed by atoms with Gasteiger partial charge >= 0.3 is 0 Å². The van der Waals surface area contributed by atoms with Crippen molar-refractivity contribution < 1.29 is 21.6 Å². The minimum absolute atomic E-state index is 0.135. The zero-order valence-corrected chi connectivity index (χ0v) is 21.6.